The first-order valence-corrected chi connectivity index (χ1v) is 10.7. The predicted molar refractivity (Wildman–Crippen MR) is 122 cm³/mol. The number of aromatic nitrogens is 4. The molecule has 8 nitrogen and oxygen atoms in total. The molecule has 0 saturated heterocycles. The van der Waals surface area contributed by atoms with Crippen molar-refractivity contribution in [2.24, 2.45) is 5.73 Å². The van der Waals surface area contributed by atoms with Crippen LogP contribution in [0, 0.1) is 6.92 Å². The van der Waals surface area contributed by atoms with Crippen molar-refractivity contribution in [2.45, 2.75) is 17.3 Å². The summed E-state index contributed by atoms with van der Waals surface area (Å²) in [5, 5.41) is 10.7. The number of hydrogen-bond donors (Lipinski definition) is 2. The predicted octanol–water partition coefficient (Wildman–Crippen LogP) is 3.67. The zero-order valence-electron chi connectivity index (χ0n) is 17.2. The number of benzene rings is 2. The average molecular weight is 445 g/mol. The number of rotatable bonds is 6. The summed E-state index contributed by atoms with van der Waals surface area (Å²) in [5.74, 6) is 0.0878. The Bertz CT molecular complexity index is 1240. The first-order valence-electron chi connectivity index (χ1n) is 9.78. The molecule has 0 spiro atoms. The lowest BCUT2D eigenvalue weighted by Crippen LogP contribution is -2.37. The minimum atomic E-state index is -0.908. The van der Waals surface area contributed by atoms with E-state index < -0.39 is 17.2 Å². The number of nitrogens with one attached hydrogen (secondary N) is 1. The summed E-state index contributed by atoms with van der Waals surface area (Å²) in [6.45, 7) is 1.99. The van der Waals surface area contributed by atoms with Crippen molar-refractivity contribution < 1.29 is 9.59 Å². The second-order valence-corrected chi connectivity index (χ2v) is 8.00. The molecule has 0 fully saturated rings. The Hall–Kier alpha value is -3.98. The van der Waals surface area contributed by atoms with Gasteiger partial charge in [-0.15, -0.1) is 10.2 Å². The van der Waals surface area contributed by atoms with Crippen LogP contribution in [-0.2, 0) is 4.79 Å². The van der Waals surface area contributed by atoms with Gasteiger partial charge in [0.1, 0.15) is 5.25 Å². The van der Waals surface area contributed by atoms with Crippen molar-refractivity contribution in [1.82, 2.24) is 25.1 Å². The van der Waals surface area contributed by atoms with E-state index in [0.29, 0.717) is 16.5 Å². The number of carbonyl (C=O) groups is 2. The van der Waals surface area contributed by atoms with Crippen molar-refractivity contribution in [3.05, 3.63) is 90.3 Å². The van der Waals surface area contributed by atoms with Crippen LogP contribution in [0.5, 0.6) is 0 Å². The van der Waals surface area contributed by atoms with E-state index in [1.807, 2.05) is 78.2 Å². The number of aryl methyl sites for hydroxylation is 1. The first kappa shape index (κ1) is 21.3. The number of amides is 3. The maximum Gasteiger partial charge on any atom is 0.318 e. The number of hydrogen-bond acceptors (Lipinski definition) is 6. The molecule has 0 aliphatic heterocycles. The number of nitrogens with two attached hydrogens (primary N) is 1. The van der Waals surface area contributed by atoms with Crippen LogP contribution in [0.3, 0.4) is 0 Å². The fraction of sp³-hybridized carbons (Fsp3) is 0.0870. The number of para-hydroxylation sites is 1. The Labute approximate surface area is 188 Å². The van der Waals surface area contributed by atoms with Crippen LogP contribution >= 0.6 is 11.8 Å². The molecule has 2 heterocycles. The van der Waals surface area contributed by atoms with Crippen LogP contribution in [0.2, 0.25) is 0 Å². The third-order valence-corrected chi connectivity index (χ3v) is 5.94. The highest BCUT2D eigenvalue weighted by atomic mass is 32.2. The van der Waals surface area contributed by atoms with Crippen molar-refractivity contribution in [3.63, 3.8) is 0 Å². The summed E-state index contributed by atoms with van der Waals surface area (Å²) >= 11 is 1.19. The van der Waals surface area contributed by atoms with Gasteiger partial charge in [-0.05, 0) is 36.2 Å². The van der Waals surface area contributed by atoms with Gasteiger partial charge in [-0.3, -0.25) is 19.7 Å². The second kappa shape index (κ2) is 9.44. The molecule has 0 aliphatic rings. The minimum absolute atomic E-state index is 0.500. The molecule has 32 heavy (non-hydrogen) atoms. The van der Waals surface area contributed by atoms with E-state index in [1.54, 1.807) is 12.4 Å². The van der Waals surface area contributed by atoms with Crippen molar-refractivity contribution in [2.75, 3.05) is 0 Å². The summed E-state index contributed by atoms with van der Waals surface area (Å²) in [5.41, 5.74) is 8.65. The summed E-state index contributed by atoms with van der Waals surface area (Å²) in [6.07, 6.45) is 3.37. The number of primary amides is 1. The molecule has 9 heteroatoms. The summed E-state index contributed by atoms with van der Waals surface area (Å²) in [4.78, 5) is 28.3. The zero-order valence-corrected chi connectivity index (χ0v) is 18.0. The van der Waals surface area contributed by atoms with Gasteiger partial charge in [0, 0.05) is 18.0 Å². The van der Waals surface area contributed by atoms with E-state index >= 15 is 0 Å². The monoisotopic (exact) mass is 444 g/mol. The number of carbonyl (C=O) groups excluding carboxylic acids is 2. The van der Waals surface area contributed by atoms with Gasteiger partial charge in [-0.1, -0.05) is 60.3 Å². The smallest absolute Gasteiger partial charge is 0.318 e. The molecule has 160 valence electrons. The van der Waals surface area contributed by atoms with Gasteiger partial charge in [-0.25, -0.2) is 4.79 Å². The van der Waals surface area contributed by atoms with Crippen molar-refractivity contribution in [3.8, 4) is 17.1 Å². The Morgan fingerprint density at radius 2 is 1.66 bits per heavy atom. The number of thioether (sulfide) groups is 1. The Kier molecular flexibility index (Phi) is 6.27. The van der Waals surface area contributed by atoms with E-state index in [4.69, 9.17) is 5.73 Å². The van der Waals surface area contributed by atoms with Crippen LogP contribution in [0.1, 0.15) is 16.4 Å². The first-order chi connectivity index (χ1) is 15.5. The van der Waals surface area contributed by atoms with Crippen LogP contribution in [0.25, 0.3) is 17.1 Å². The average Bonchev–Trinajstić information content (AvgIpc) is 3.22. The molecule has 0 radical (unpaired) electrons. The highest BCUT2D eigenvalue weighted by Crippen LogP contribution is 2.38. The molecule has 2 aromatic heterocycles. The van der Waals surface area contributed by atoms with Crippen LogP contribution < -0.4 is 11.1 Å². The SMILES string of the molecule is Cc1ccccc1-n1c(S[C@H](C(=O)NC(N)=O)c2ccccc2)nnc1-c1ccncc1. The largest absolute Gasteiger partial charge is 0.351 e. The Balaban J connectivity index is 1.83. The van der Waals surface area contributed by atoms with Gasteiger partial charge in [0.15, 0.2) is 11.0 Å². The lowest BCUT2D eigenvalue weighted by molar-refractivity contribution is -0.119. The van der Waals surface area contributed by atoms with Gasteiger partial charge < -0.3 is 5.73 Å². The standard InChI is InChI=1S/C23H20N6O2S/c1-15-7-5-6-10-18(15)29-20(17-11-13-25-14-12-17)27-28-23(29)32-19(21(30)26-22(24)31)16-8-3-2-4-9-16/h2-14,19H,1H3,(H3,24,26,30,31)/t19-/m0/s1. The van der Waals surface area contributed by atoms with E-state index in [9.17, 15) is 9.59 Å². The lowest BCUT2D eigenvalue weighted by Gasteiger charge is -2.17. The third kappa shape index (κ3) is 4.52. The highest BCUT2D eigenvalue weighted by Gasteiger charge is 2.27. The van der Waals surface area contributed by atoms with E-state index in [2.05, 4.69) is 20.5 Å². The molecular weight excluding hydrogens is 424 g/mol. The molecule has 0 aliphatic carbocycles. The zero-order chi connectivity index (χ0) is 22.5. The van der Waals surface area contributed by atoms with E-state index in [0.717, 1.165) is 16.8 Å². The molecule has 0 unspecified atom stereocenters. The van der Waals surface area contributed by atoms with Gasteiger partial charge >= 0.3 is 6.03 Å². The molecule has 0 saturated carbocycles. The van der Waals surface area contributed by atoms with Crippen molar-refractivity contribution in [1.29, 1.82) is 0 Å². The molecule has 0 bridgehead atoms. The molecular formula is C23H20N6O2S. The van der Waals surface area contributed by atoms with Crippen LogP contribution in [-0.4, -0.2) is 31.7 Å². The normalized spacial score (nSPS) is 11.7. The fourth-order valence-corrected chi connectivity index (χ4v) is 4.31. The second-order valence-electron chi connectivity index (χ2n) is 6.93. The quantitative estimate of drug-likeness (QED) is 0.439. The summed E-state index contributed by atoms with van der Waals surface area (Å²) in [6, 6.07) is 19.8. The summed E-state index contributed by atoms with van der Waals surface area (Å²) < 4.78 is 1.91. The lowest BCUT2D eigenvalue weighted by atomic mass is 10.1. The fourth-order valence-electron chi connectivity index (χ4n) is 3.26. The van der Waals surface area contributed by atoms with Gasteiger partial charge in [-0.2, -0.15) is 0 Å². The van der Waals surface area contributed by atoms with E-state index in [1.165, 1.54) is 11.8 Å². The number of urea groups is 1. The van der Waals surface area contributed by atoms with Crippen LogP contribution in [0.4, 0.5) is 4.79 Å². The summed E-state index contributed by atoms with van der Waals surface area (Å²) in [7, 11) is 0. The Morgan fingerprint density at radius 3 is 2.34 bits per heavy atom. The molecule has 4 aromatic rings. The molecule has 1 atom stereocenters. The number of imide groups is 1. The molecule has 3 N–H and O–H groups in total. The molecule has 4 rings (SSSR count). The van der Waals surface area contributed by atoms with Crippen molar-refractivity contribution >= 4 is 23.7 Å². The van der Waals surface area contributed by atoms with Crippen LogP contribution in [0.15, 0.2) is 84.3 Å². The number of pyridine rings is 1. The van der Waals surface area contributed by atoms with E-state index in [-0.39, 0.29) is 0 Å². The van der Waals surface area contributed by atoms with Gasteiger partial charge in [0.05, 0.1) is 5.69 Å². The highest BCUT2D eigenvalue weighted by molar-refractivity contribution is 8.00. The maximum absolute atomic E-state index is 12.9. The Morgan fingerprint density at radius 1 is 0.969 bits per heavy atom. The minimum Gasteiger partial charge on any atom is -0.351 e. The topological polar surface area (TPSA) is 116 Å². The molecule has 2 aromatic carbocycles. The van der Waals surface area contributed by atoms with Gasteiger partial charge in [0.2, 0.25) is 5.91 Å². The maximum atomic E-state index is 12.9. The molecule has 3 amide bonds. The van der Waals surface area contributed by atoms with Gasteiger partial charge in [0.25, 0.3) is 0 Å². The number of nitrogens with zero attached hydrogens (tertiary/aromatic N) is 4. The third-order valence-electron chi connectivity index (χ3n) is 4.74.